The normalized spacial score (nSPS) is 11.9. The molecule has 0 aliphatic carbocycles. The second kappa shape index (κ2) is 5.55. The van der Waals surface area contributed by atoms with E-state index in [9.17, 15) is 0 Å². The summed E-state index contributed by atoms with van der Waals surface area (Å²) in [6, 6.07) is 33.3. The summed E-state index contributed by atoms with van der Waals surface area (Å²) in [4.78, 5) is 0. The summed E-state index contributed by atoms with van der Waals surface area (Å²) in [6.45, 7) is 0. The van der Waals surface area contributed by atoms with Crippen LogP contribution in [0.4, 0.5) is 0 Å². The van der Waals surface area contributed by atoms with E-state index in [0.29, 0.717) is 0 Å². The Labute approximate surface area is 165 Å². The summed E-state index contributed by atoms with van der Waals surface area (Å²) in [5.74, 6) is 0. The fraction of sp³-hybridized carbons (Fsp3) is 0. The number of fused-ring (bicyclic) bond motifs is 1. The van der Waals surface area contributed by atoms with Crippen LogP contribution in [-0.2, 0) is 0 Å². The third-order valence-electron chi connectivity index (χ3n) is 5.58. The number of hydrogen-bond donors (Lipinski definition) is 0. The molecule has 0 aliphatic heterocycles. The smallest absolute Gasteiger partial charge is 0.0187 e. The summed E-state index contributed by atoms with van der Waals surface area (Å²) >= 11 is 3.64. The molecule has 0 heterocycles. The van der Waals surface area contributed by atoms with Gasteiger partial charge in [0.1, 0.15) is 0 Å². The standard InChI is InChI=1S/C26H15Br/c27-24-14-21-9-7-19-12-23(13-20-8-10-22(15-24)26(21)25(19)20)18-6-5-16-3-1-2-4-17(16)11-18/h1-15H. The summed E-state index contributed by atoms with van der Waals surface area (Å²) in [6.07, 6.45) is 0. The van der Waals surface area contributed by atoms with Gasteiger partial charge in [-0.1, -0.05) is 76.6 Å². The van der Waals surface area contributed by atoms with E-state index in [-0.39, 0.29) is 0 Å². The van der Waals surface area contributed by atoms with Crippen LogP contribution < -0.4 is 0 Å². The fourth-order valence-electron chi connectivity index (χ4n) is 4.34. The van der Waals surface area contributed by atoms with Crippen molar-refractivity contribution in [1.29, 1.82) is 0 Å². The molecule has 6 rings (SSSR count). The lowest BCUT2D eigenvalue weighted by atomic mass is 9.91. The van der Waals surface area contributed by atoms with Crippen LogP contribution in [0.3, 0.4) is 0 Å². The monoisotopic (exact) mass is 406 g/mol. The van der Waals surface area contributed by atoms with Crippen molar-refractivity contribution in [3.8, 4) is 11.1 Å². The van der Waals surface area contributed by atoms with Crippen LogP contribution in [0.25, 0.3) is 54.2 Å². The van der Waals surface area contributed by atoms with Crippen LogP contribution in [0.15, 0.2) is 95.5 Å². The average molecular weight is 407 g/mol. The Morgan fingerprint density at radius 1 is 0.407 bits per heavy atom. The van der Waals surface area contributed by atoms with E-state index in [2.05, 4.69) is 107 Å². The molecule has 0 N–H and O–H groups in total. The van der Waals surface area contributed by atoms with Gasteiger partial charge in [0.2, 0.25) is 0 Å². The van der Waals surface area contributed by atoms with Crippen molar-refractivity contribution in [1.82, 2.24) is 0 Å². The maximum absolute atomic E-state index is 3.64. The number of hydrogen-bond acceptors (Lipinski definition) is 0. The van der Waals surface area contributed by atoms with Gasteiger partial charge in [0.05, 0.1) is 0 Å². The topological polar surface area (TPSA) is 0 Å². The zero-order valence-electron chi connectivity index (χ0n) is 14.5. The number of benzene rings is 6. The molecule has 0 unspecified atom stereocenters. The van der Waals surface area contributed by atoms with Crippen LogP contribution in [-0.4, -0.2) is 0 Å². The molecule has 0 nitrogen and oxygen atoms in total. The van der Waals surface area contributed by atoms with Crippen molar-refractivity contribution in [2.24, 2.45) is 0 Å². The minimum absolute atomic E-state index is 1.13. The van der Waals surface area contributed by atoms with Crippen LogP contribution >= 0.6 is 15.9 Å². The SMILES string of the molecule is Brc1cc2ccc3cc(-c4ccc5ccccc5c4)cc4ccc(c1)c2c34. The second-order valence-electron chi connectivity index (χ2n) is 7.22. The van der Waals surface area contributed by atoms with Gasteiger partial charge in [-0.3, -0.25) is 0 Å². The van der Waals surface area contributed by atoms with Crippen molar-refractivity contribution >= 4 is 59.0 Å². The first-order chi connectivity index (χ1) is 13.3. The minimum atomic E-state index is 1.13. The van der Waals surface area contributed by atoms with E-state index in [4.69, 9.17) is 0 Å². The molecule has 1 heteroatoms. The Morgan fingerprint density at radius 2 is 0.889 bits per heavy atom. The molecule has 0 atom stereocenters. The average Bonchev–Trinajstić information content (AvgIpc) is 2.71. The van der Waals surface area contributed by atoms with Gasteiger partial charge in [0.15, 0.2) is 0 Å². The fourth-order valence-corrected chi connectivity index (χ4v) is 4.83. The first-order valence-electron chi connectivity index (χ1n) is 9.14. The van der Waals surface area contributed by atoms with Gasteiger partial charge < -0.3 is 0 Å². The summed E-state index contributed by atoms with van der Waals surface area (Å²) < 4.78 is 1.13. The molecule has 0 amide bonds. The van der Waals surface area contributed by atoms with Crippen molar-refractivity contribution in [3.63, 3.8) is 0 Å². The van der Waals surface area contributed by atoms with Gasteiger partial charge in [-0.25, -0.2) is 0 Å². The molecule has 0 radical (unpaired) electrons. The van der Waals surface area contributed by atoms with Gasteiger partial charge in [-0.05, 0) is 84.5 Å². The van der Waals surface area contributed by atoms with E-state index >= 15 is 0 Å². The first-order valence-corrected chi connectivity index (χ1v) is 9.93. The Kier molecular flexibility index (Phi) is 3.12. The van der Waals surface area contributed by atoms with Gasteiger partial charge in [0, 0.05) is 4.47 Å². The predicted octanol–water partition coefficient (Wildman–Crippen LogP) is 8.17. The van der Waals surface area contributed by atoms with Crippen molar-refractivity contribution in [3.05, 3.63) is 95.5 Å². The number of rotatable bonds is 1. The number of halogens is 1. The van der Waals surface area contributed by atoms with Gasteiger partial charge >= 0.3 is 0 Å². The lowest BCUT2D eigenvalue weighted by Crippen LogP contribution is -1.86. The molecular weight excluding hydrogens is 392 g/mol. The third-order valence-corrected chi connectivity index (χ3v) is 6.04. The van der Waals surface area contributed by atoms with E-state index in [0.717, 1.165) is 4.47 Å². The van der Waals surface area contributed by atoms with E-state index in [1.807, 2.05) is 0 Å². The molecule has 0 aromatic heterocycles. The van der Waals surface area contributed by atoms with Crippen LogP contribution in [0.5, 0.6) is 0 Å². The van der Waals surface area contributed by atoms with Crippen molar-refractivity contribution in [2.45, 2.75) is 0 Å². The van der Waals surface area contributed by atoms with Crippen LogP contribution in [0.1, 0.15) is 0 Å². The van der Waals surface area contributed by atoms with Crippen LogP contribution in [0, 0.1) is 0 Å². The Balaban J connectivity index is 1.67. The quantitative estimate of drug-likeness (QED) is 0.241. The maximum atomic E-state index is 3.64. The summed E-state index contributed by atoms with van der Waals surface area (Å²) in [5, 5.41) is 10.5. The van der Waals surface area contributed by atoms with E-state index < -0.39 is 0 Å². The molecule has 0 saturated carbocycles. The van der Waals surface area contributed by atoms with Gasteiger partial charge in [-0.15, -0.1) is 0 Å². The first kappa shape index (κ1) is 15.2. The molecule has 6 aromatic carbocycles. The third kappa shape index (κ3) is 2.28. The van der Waals surface area contributed by atoms with E-state index in [1.54, 1.807) is 0 Å². The lowest BCUT2D eigenvalue weighted by Gasteiger charge is -2.13. The highest BCUT2D eigenvalue weighted by atomic mass is 79.9. The molecule has 0 fully saturated rings. The van der Waals surface area contributed by atoms with Crippen molar-refractivity contribution < 1.29 is 0 Å². The highest BCUT2D eigenvalue weighted by Gasteiger charge is 2.11. The van der Waals surface area contributed by atoms with Crippen molar-refractivity contribution in [2.75, 3.05) is 0 Å². The maximum Gasteiger partial charge on any atom is 0.0187 e. The molecule has 6 aromatic rings. The van der Waals surface area contributed by atoms with Gasteiger partial charge in [-0.2, -0.15) is 0 Å². The zero-order valence-corrected chi connectivity index (χ0v) is 16.1. The van der Waals surface area contributed by atoms with E-state index in [1.165, 1.54) is 54.2 Å². The largest absolute Gasteiger partial charge is 0.0616 e. The Bertz CT molecular complexity index is 1410. The van der Waals surface area contributed by atoms with Crippen LogP contribution in [0.2, 0.25) is 0 Å². The molecule has 0 spiro atoms. The molecule has 126 valence electrons. The lowest BCUT2D eigenvalue weighted by molar-refractivity contribution is 1.69. The highest BCUT2D eigenvalue weighted by Crippen LogP contribution is 2.38. The second-order valence-corrected chi connectivity index (χ2v) is 8.13. The molecule has 27 heavy (non-hydrogen) atoms. The Morgan fingerprint density at radius 3 is 1.52 bits per heavy atom. The Hall–Kier alpha value is -2.90. The molecular formula is C26H15Br. The highest BCUT2D eigenvalue weighted by molar-refractivity contribution is 9.10. The van der Waals surface area contributed by atoms with Gasteiger partial charge in [0.25, 0.3) is 0 Å². The zero-order chi connectivity index (χ0) is 18.0. The molecule has 0 bridgehead atoms. The molecule has 0 aliphatic rings. The molecule has 0 saturated heterocycles. The summed E-state index contributed by atoms with van der Waals surface area (Å²) in [5.41, 5.74) is 2.54. The predicted molar refractivity (Wildman–Crippen MR) is 121 cm³/mol. The minimum Gasteiger partial charge on any atom is -0.0616 e. The summed E-state index contributed by atoms with van der Waals surface area (Å²) in [7, 11) is 0.